The predicted molar refractivity (Wildman–Crippen MR) is 98.2 cm³/mol. The van der Waals surface area contributed by atoms with Gasteiger partial charge in [-0.15, -0.1) is 11.3 Å². The van der Waals surface area contributed by atoms with Crippen LogP contribution >= 0.6 is 22.7 Å². The zero-order valence-corrected chi connectivity index (χ0v) is 16.1. The summed E-state index contributed by atoms with van der Waals surface area (Å²) in [5, 5.41) is 13.9. The monoisotopic (exact) mass is 433 g/mol. The maximum Gasteiger partial charge on any atom is 0.416 e. The first-order chi connectivity index (χ1) is 12.7. The average Bonchev–Trinajstić information content (AvgIpc) is 3.31. The zero-order chi connectivity index (χ0) is 19.7. The minimum Gasteiger partial charge on any atom is -0.383 e. The Morgan fingerprint density at radius 2 is 1.93 bits per heavy atom. The number of hydrogen-bond donors (Lipinski definition) is 2. The van der Waals surface area contributed by atoms with Crippen molar-refractivity contribution >= 4 is 32.7 Å². The Balaban J connectivity index is 1.71. The fourth-order valence-electron chi connectivity index (χ4n) is 2.32. The van der Waals surface area contributed by atoms with Gasteiger partial charge >= 0.3 is 6.18 Å². The van der Waals surface area contributed by atoms with Crippen molar-refractivity contribution in [3.63, 3.8) is 0 Å². The molecule has 0 fully saturated rings. The van der Waals surface area contributed by atoms with E-state index < -0.39 is 32.8 Å². The fraction of sp³-hybridized carbons (Fsp3) is 0.176. The maximum absolute atomic E-state index is 12.8. The molecule has 2 N–H and O–H groups in total. The maximum atomic E-state index is 12.8. The normalized spacial score (nSPS) is 13.6. The molecule has 1 atom stereocenters. The molecular formula is C17H14F3NO3S3. The van der Waals surface area contributed by atoms with E-state index in [4.69, 9.17) is 0 Å². The summed E-state index contributed by atoms with van der Waals surface area (Å²) in [5.74, 6) is 0. The van der Waals surface area contributed by atoms with Crippen molar-refractivity contribution in [2.45, 2.75) is 23.7 Å². The van der Waals surface area contributed by atoms with Crippen molar-refractivity contribution in [1.29, 1.82) is 0 Å². The first kappa shape index (κ1) is 20.0. The molecule has 0 saturated carbocycles. The quantitative estimate of drug-likeness (QED) is 0.606. The average molecular weight is 433 g/mol. The lowest BCUT2D eigenvalue weighted by atomic mass is 10.2. The van der Waals surface area contributed by atoms with Gasteiger partial charge in [0.2, 0.25) is 10.0 Å². The van der Waals surface area contributed by atoms with Crippen LogP contribution in [0.1, 0.15) is 27.0 Å². The largest absolute Gasteiger partial charge is 0.416 e. The summed E-state index contributed by atoms with van der Waals surface area (Å²) in [4.78, 5) is 0.837. The summed E-state index contributed by atoms with van der Waals surface area (Å²) in [7, 11) is -4.10. The highest BCUT2D eigenvalue weighted by molar-refractivity contribution is 7.89. The van der Waals surface area contributed by atoms with Gasteiger partial charge in [-0.3, -0.25) is 0 Å². The molecule has 0 aliphatic heterocycles. The van der Waals surface area contributed by atoms with Gasteiger partial charge < -0.3 is 5.11 Å². The zero-order valence-electron chi connectivity index (χ0n) is 13.6. The molecule has 27 heavy (non-hydrogen) atoms. The number of thiophene rings is 2. The van der Waals surface area contributed by atoms with Crippen molar-refractivity contribution in [2.75, 3.05) is 0 Å². The molecule has 0 aliphatic carbocycles. The number of hydrogen-bond acceptors (Lipinski definition) is 5. The number of nitrogens with one attached hydrogen (secondary N) is 1. The first-order valence-electron chi connectivity index (χ1n) is 7.62. The van der Waals surface area contributed by atoms with Crippen LogP contribution in [0.3, 0.4) is 0 Å². The second-order valence-corrected chi connectivity index (χ2v) is 9.36. The van der Waals surface area contributed by atoms with Crippen LogP contribution in [0.2, 0.25) is 0 Å². The van der Waals surface area contributed by atoms with E-state index in [1.54, 1.807) is 18.2 Å². The number of halogens is 3. The number of rotatable bonds is 6. The van der Waals surface area contributed by atoms with Crippen LogP contribution in [0, 0.1) is 0 Å². The third-order valence-electron chi connectivity index (χ3n) is 3.72. The Kier molecular flexibility index (Phi) is 5.73. The Bertz CT molecular complexity index is 1010. The first-order valence-corrected chi connectivity index (χ1v) is 10.9. The van der Waals surface area contributed by atoms with Gasteiger partial charge in [-0.2, -0.15) is 24.5 Å². The summed E-state index contributed by atoms with van der Waals surface area (Å²) >= 11 is 2.69. The van der Waals surface area contributed by atoms with Gasteiger partial charge in [0, 0.05) is 16.3 Å². The lowest BCUT2D eigenvalue weighted by Crippen LogP contribution is -2.23. The Morgan fingerprint density at radius 3 is 2.59 bits per heavy atom. The second-order valence-electron chi connectivity index (χ2n) is 5.61. The van der Waals surface area contributed by atoms with E-state index in [0.717, 1.165) is 23.8 Å². The summed E-state index contributed by atoms with van der Waals surface area (Å²) < 4.78 is 65.2. The molecule has 3 aromatic rings. The number of benzene rings is 1. The number of alkyl halides is 3. The van der Waals surface area contributed by atoms with Crippen molar-refractivity contribution in [2.24, 2.45) is 0 Å². The molecule has 2 heterocycles. The van der Waals surface area contributed by atoms with Crippen LogP contribution in [0.5, 0.6) is 0 Å². The van der Waals surface area contributed by atoms with Crippen LogP contribution in [0.25, 0.3) is 0 Å². The topological polar surface area (TPSA) is 66.4 Å². The van der Waals surface area contributed by atoms with Crippen LogP contribution < -0.4 is 4.72 Å². The van der Waals surface area contributed by atoms with Crippen LogP contribution in [-0.4, -0.2) is 13.5 Å². The Morgan fingerprint density at radius 1 is 1.15 bits per heavy atom. The predicted octanol–water partition coefficient (Wildman–Crippen LogP) is 4.39. The minimum atomic E-state index is -4.62. The third-order valence-corrected chi connectivity index (χ3v) is 6.96. The van der Waals surface area contributed by atoms with E-state index in [0.29, 0.717) is 15.8 Å². The lowest BCUT2D eigenvalue weighted by molar-refractivity contribution is -0.137. The molecule has 4 nitrogen and oxygen atoms in total. The summed E-state index contributed by atoms with van der Waals surface area (Å²) in [5.41, 5.74) is -0.277. The van der Waals surface area contributed by atoms with Gasteiger partial charge in [0.05, 0.1) is 10.5 Å². The van der Waals surface area contributed by atoms with Crippen molar-refractivity contribution in [1.82, 2.24) is 4.72 Å². The molecule has 2 aromatic heterocycles. The van der Waals surface area contributed by atoms with Crippen LogP contribution in [-0.2, 0) is 22.7 Å². The third kappa shape index (κ3) is 4.77. The van der Waals surface area contributed by atoms with Crippen molar-refractivity contribution in [3.8, 4) is 0 Å². The van der Waals surface area contributed by atoms with Gasteiger partial charge in [0.15, 0.2) is 0 Å². The highest BCUT2D eigenvalue weighted by Gasteiger charge is 2.31. The second kappa shape index (κ2) is 7.72. The van der Waals surface area contributed by atoms with Gasteiger partial charge in [-0.25, -0.2) is 13.1 Å². The van der Waals surface area contributed by atoms with E-state index >= 15 is 0 Å². The van der Waals surface area contributed by atoms with Gasteiger partial charge in [-0.1, -0.05) is 6.07 Å². The Labute approximate surface area is 162 Å². The molecular weight excluding hydrogens is 419 g/mol. The standard InChI is InChI=1S/C17H14F3NO3S3/c18-17(19,20)12-2-1-3-14(8-12)27(23,24)21-9-13-4-5-15(26-13)16(22)11-6-7-25-10-11/h1-8,10,16,21-22H,9H2. The minimum absolute atomic E-state index is 0.0837. The molecule has 10 heteroatoms. The number of aliphatic hydroxyl groups is 1. The molecule has 0 saturated heterocycles. The molecule has 3 rings (SSSR count). The van der Waals surface area contributed by atoms with Gasteiger partial charge in [0.1, 0.15) is 6.10 Å². The van der Waals surface area contributed by atoms with Crippen LogP contribution in [0.4, 0.5) is 13.2 Å². The van der Waals surface area contributed by atoms with Gasteiger partial charge in [0.25, 0.3) is 0 Å². The Hall–Kier alpha value is -1.72. The van der Waals surface area contributed by atoms with E-state index in [2.05, 4.69) is 4.72 Å². The summed E-state index contributed by atoms with van der Waals surface area (Å²) in [6.07, 6.45) is -5.42. The van der Waals surface area contributed by atoms with Crippen molar-refractivity contribution in [3.05, 3.63) is 74.1 Å². The summed E-state index contributed by atoms with van der Waals surface area (Å²) in [6.45, 7) is -0.0837. The molecule has 1 aromatic carbocycles. The fourth-order valence-corrected chi connectivity index (χ4v) is 5.11. The number of sulfonamides is 1. The highest BCUT2D eigenvalue weighted by atomic mass is 32.2. The molecule has 1 unspecified atom stereocenters. The van der Waals surface area contributed by atoms with E-state index in [1.807, 2.05) is 10.8 Å². The van der Waals surface area contributed by atoms with E-state index in [9.17, 15) is 26.7 Å². The van der Waals surface area contributed by atoms with Crippen LogP contribution in [0.15, 0.2) is 58.1 Å². The van der Waals surface area contributed by atoms with E-state index in [-0.39, 0.29) is 6.54 Å². The molecule has 0 amide bonds. The summed E-state index contributed by atoms with van der Waals surface area (Å²) in [6, 6.07) is 8.74. The SMILES string of the molecule is O=S(=O)(NCc1ccc(C(O)c2ccsc2)s1)c1cccc(C(F)(F)F)c1. The molecule has 0 radical (unpaired) electrons. The molecule has 0 bridgehead atoms. The smallest absolute Gasteiger partial charge is 0.383 e. The molecule has 0 aliphatic rings. The molecule has 144 valence electrons. The van der Waals surface area contributed by atoms with Gasteiger partial charge in [-0.05, 0) is 52.7 Å². The molecule has 0 spiro atoms. The van der Waals surface area contributed by atoms with E-state index in [1.165, 1.54) is 22.7 Å². The lowest BCUT2D eigenvalue weighted by Gasteiger charge is -2.10. The number of aliphatic hydroxyl groups excluding tert-OH is 1. The van der Waals surface area contributed by atoms with Crippen molar-refractivity contribution < 1.29 is 26.7 Å². The highest BCUT2D eigenvalue weighted by Crippen LogP contribution is 2.31.